The first-order valence-corrected chi connectivity index (χ1v) is 13.6. The van der Waals surface area contributed by atoms with Gasteiger partial charge in [0.25, 0.3) is 0 Å². The summed E-state index contributed by atoms with van der Waals surface area (Å²) in [5, 5.41) is 2.45. The minimum absolute atomic E-state index is 0.726. The normalized spacial score (nSPS) is 11.7. The van der Waals surface area contributed by atoms with E-state index in [0.717, 1.165) is 85.3 Å². The molecule has 0 aliphatic carbocycles. The van der Waals surface area contributed by atoms with Crippen molar-refractivity contribution < 1.29 is 0 Å². The Morgan fingerprint density at radius 1 is 0.500 bits per heavy atom. The van der Waals surface area contributed by atoms with E-state index in [1.807, 2.05) is 0 Å². The van der Waals surface area contributed by atoms with E-state index >= 15 is 0 Å². The van der Waals surface area contributed by atoms with Crippen molar-refractivity contribution in [1.82, 2.24) is 19.9 Å². The fourth-order valence-corrected chi connectivity index (χ4v) is 5.20. The van der Waals surface area contributed by atoms with Crippen LogP contribution >= 0.6 is 0 Å². The molecule has 0 unspecified atom stereocenters. The molecule has 0 saturated heterocycles. The fourth-order valence-electron chi connectivity index (χ4n) is 5.20. The van der Waals surface area contributed by atoms with Gasteiger partial charge in [0.2, 0.25) is 0 Å². The van der Waals surface area contributed by atoms with Crippen molar-refractivity contribution in [2.75, 3.05) is 13.1 Å². The van der Waals surface area contributed by atoms with Crippen LogP contribution < -0.4 is 11.5 Å². The number of nitrogens with zero attached hydrogens (tertiary/aromatic N) is 2. The number of imidazole rings is 2. The van der Waals surface area contributed by atoms with Crippen LogP contribution in [0.25, 0.3) is 55.1 Å². The minimum atomic E-state index is 0.726. The van der Waals surface area contributed by atoms with Crippen LogP contribution in [0.15, 0.2) is 72.8 Å². The first-order chi connectivity index (χ1) is 18.7. The Balaban J connectivity index is 1.24. The third kappa shape index (κ3) is 5.05. The summed E-state index contributed by atoms with van der Waals surface area (Å²) in [6.45, 7) is 1.45. The van der Waals surface area contributed by atoms with Gasteiger partial charge in [0, 0.05) is 12.8 Å². The van der Waals surface area contributed by atoms with Gasteiger partial charge >= 0.3 is 0 Å². The molecule has 0 aliphatic heterocycles. The lowest BCUT2D eigenvalue weighted by atomic mass is 9.97. The van der Waals surface area contributed by atoms with Gasteiger partial charge in [-0.1, -0.05) is 36.4 Å². The van der Waals surface area contributed by atoms with Crippen LogP contribution in [0.5, 0.6) is 0 Å². The van der Waals surface area contributed by atoms with Gasteiger partial charge in [-0.25, -0.2) is 9.97 Å². The first kappa shape index (κ1) is 24.3. The Hall–Kier alpha value is -4.00. The second-order valence-corrected chi connectivity index (χ2v) is 10.1. The quantitative estimate of drug-likeness (QED) is 0.161. The summed E-state index contributed by atoms with van der Waals surface area (Å²) in [5.74, 6) is 2.07. The molecule has 0 spiro atoms. The third-order valence-corrected chi connectivity index (χ3v) is 7.30. The molecule has 6 heteroatoms. The van der Waals surface area contributed by atoms with Gasteiger partial charge in [0.05, 0.1) is 22.1 Å². The van der Waals surface area contributed by atoms with Crippen LogP contribution in [0.2, 0.25) is 0 Å². The van der Waals surface area contributed by atoms with Crippen LogP contribution in [0, 0.1) is 0 Å². The van der Waals surface area contributed by atoms with E-state index < -0.39 is 0 Å². The highest BCUT2D eigenvalue weighted by molar-refractivity contribution is 5.93. The summed E-state index contributed by atoms with van der Waals surface area (Å²) >= 11 is 0. The van der Waals surface area contributed by atoms with E-state index in [-0.39, 0.29) is 0 Å². The topological polar surface area (TPSA) is 109 Å². The molecule has 0 aliphatic rings. The van der Waals surface area contributed by atoms with Crippen LogP contribution in [-0.4, -0.2) is 33.0 Å². The molecule has 6 rings (SSSR count). The molecular weight excluding hydrogens is 468 g/mol. The molecule has 4 aromatic carbocycles. The molecule has 0 bridgehead atoms. The number of unbranched alkanes of at least 4 members (excludes halogenated alkanes) is 2. The van der Waals surface area contributed by atoms with Gasteiger partial charge < -0.3 is 21.4 Å². The maximum absolute atomic E-state index is 5.63. The SMILES string of the molecule is NCCCCc1nc2ccc(-c3ccc4cc(-c5ccc6nc(CCCCN)[nH]c6c5)ccc4c3)cc2[nH]1. The minimum Gasteiger partial charge on any atom is -0.342 e. The van der Waals surface area contributed by atoms with E-state index in [1.54, 1.807) is 0 Å². The van der Waals surface area contributed by atoms with E-state index in [2.05, 4.69) is 82.8 Å². The Bertz CT molecular complexity index is 1580. The van der Waals surface area contributed by atoms with Crippen molar-refractivity contribution in [2.24, 2.45) is 11.5 Å². The molecule has 6 aromatic rings. The van der Waals surface area contributed by atoms with Gasteiger partial charge in [-0.2, -0.15) is 0 Å². The average Bonchev–Trinajstić information content (AvgIpc) is 3.55. The lowest BCUT2D eigenvalue weighted by Gasteiger charge is -2.07. The van der Waals surface area contributed by atoms with Gasteiger partial charge in [-0.3, -0.25) is 0 Å². The van der Waals surface area contributed by atoms with Crippen LogP contribution in [-0.2, 0) is 12.8 Å². The van der Waals surface area contributed by atoms with Gasteiger partial charge in [-0.15, -0.1) is 0 Å². The van der Waals surface area contributed by atoms with Gasteiger partial charge in [0.1, 0.15) is 11.6 Å². The zero-order valence-corrected chi connectivity index (χ0v) is 21.6. The second kappa shape index (κ2) is 10.8. The van der Waals surface area contributed by atoms with Crippen molar-refractivity contribution in [3.05, 3.63) is 84.4 Å². The molecular formula is C32H34N6. The molecule has 0 amide bonds. The maximum Gasteiger partial charge on any atom is 0.107 e. The van der Waals surface area contributed by atoms with Crippen molar-refractivity contribution >= 4 is 32.8 Å². The number of hydrogen-bond donors (Lipinski definition) is 4. The monoisotopic (exact) mass is 502 g/mol. The number of H-pyrrole nitrogens is 2. The fraction of sp³-hybridized carbons (Fsp3) is 0.250. The molecule has 192 valence electrons. The summed E-state index contributed by atoms with van der Waals surface area (Å²) in [6.07, 6.45) is 6.03. The summed E-state index contributed by atoms with van der Waals surface area (Å²) in [7, 11) is 0. The van der Waals surface area contributed by atoms with E-state index in [9.17, 15) is 0 Å². The second-order valence-electron chi connectivity index (χ2n) is 10.1. The third-order valence-electron chi connectivity index (χ3n) is 7.30. The lowest BCUT2D eigenvalue weighted by molar-refractivity contribution is 0.724. The summed E-state index contributed by atoms with van der Waals surface area (Å²) in [4.78, 5) is 16.5. The number of aromatic nitrogens is 4. The number of benzene rings is 4. The van der Waals surface area contributed by atoms with Crippen molar-refractivity contribution in [1.29, 1.82) is 0 Å². The highest BCUT2D eigenvalue weighted by Crippen LogP contribution is 2.31. The molecule has 6 N–H and O–H groups in total. The largest absolute Gasteiger partial charge is 0.342 e. The van der Waals surface area contributed by atoms with Crippen LogP contribution in [0.4, 0.5) is 0 Å². The molecule has 6 nitrogen and oxygen atoms in total. The molecule has 2 heterocycles. The van der Waals surface area contributed by atoms with E-state index in [4.69, 9.17) is 21.4 Å². The highest BCUT2D eigenvalue weighted by atomic mass is 14.9. The Labute approximate surface area is 222 Å². The number of nitrogens with two attached hydrogens (primary N) is 2. The summed E-state index contributed by atoms with van der Waals surface area (Å²) in [6, 6.07) is 26.3. The number of fused-ring (bicyclic) bond motifs is 3. The van der Waals surface area contributed by atoms with Crippen molar-refractivity contribution in [2.45, 2.75) is 38.5 Å². The average molecular weight is 503 g/mol. The molecule has 0 radical (unpaired) electrons. The molecule has 0 fully saturated rings. The number of aryl methyl sites for hydroxylation is 2. The number of aromatic amines is 2. The van der Waals surface area contributed by atoms with Crippen LogP contribution in [0.3, 0.4) is 0 Å². The van der Waals surface area contributed by atoms with Gasteiger partial charge in [-0.05, 0) is 108 Å². The number of hydrogen-bond acceptors (Lipinski definition) is 4. The number of rotatable bonds is 10. The lowest BCUT2D eigenvalue weighted by Crippen LogP contribution is -1.99. The predicted molar refractivity (Wildman–Crippen MR) is 158 cm³/mol. The van der Waals surface area contributed by atoms with E-state index in [0.29, 0.717) is 0 Å². The standard InChI is InChI=1S/C32H34N6/c33-15-3-1-5-31-35-27-13-11-25(19-29(27)37-31)23-9-7-22-18-24(10-8-21(22)17-23)26-12-14-28-30(20-26)38-32(36-28)6-2-4-16-34/h7-14,17-20H,1-6,15-16,33-34H2,(H,35,37)(H,36,38). The molecule has 0 atom stereocenters. The zero-order valence-electron chi connectivity index (χ0n) is 21.6. The van der Waals surface area contributed by atoms with Gasteiger partial charge in [0.15, 0.2) is 0 Å². The summed E-state index contributed by atoms with van der Waals surface area (Å²) in [5.41, 5.74) is 20.2. The summed E-state index contributed by atoms with van der Waals surface area (Å²) < 4.78 is 0. The Kier molecular flexibility index (Phi) is 6.90. The first-order valence-electron chi connectivity index (χ1n) is 13.6. The predicted octanol–water partition coefficient (Wildman–Crippen LogP) is 6.49. The van der Waals surface area contributed by atoms with Crippen molar-refractivity contribution in [3.63, 3.8) is 0 Å². The van der Waals surface area contributed by atoms with E-state index in [1.165, 1.54) is 33.0 Å². The molecule has 2 aromatic heterocycles. The molecule has 38 heavy (non-hydrogen) atoms. The van der Waals surface area contributed by atoms with Crippen molar-refractivity contribution in [3.8, 4) is 22.3 Å². The Morgan fingerprint density at radius 2 is 0.921 bits per heavy atom. The smallest absolute Gasteiger partial charge is 0.107 e. The zero-order chi connectivity index (χ0) is 25.9. The van der Waals surface area contributed by atoms with Crippen LogP contribution in [0.1, 0.15) is 37.3 Å². The highest BCUT2D eigenvalue weighted by Gasteiger charge is 2.09. The maximum atomic E-state index is 5.63. The Morgan fingerprint density at radius 3 is 1.37 bits per heavy atom. The molecule has 0 saturated carbocycles. The number of nitrogens with one attached hydrogen (secondary N) is 2.